The third-order valence-electron chi connectivity index (χ3n) is 2.54. The molecule has 1 heterocycles. The van der Waals surface area contributed by atoms with Crippen LogP contribution in [0, 0.1) is 0 Å². The number of anilines is 1. The van der Waals surface area contributed by atoms with Crippen LogP contribution in [0.1, 0.15) is 43.1 Å². The van der Waals surface area contributed by atoms with Crippen molar-refractivity contribution in [3.05, 3.63) is 17.7 Å². The van der Waals surface area contributed by atoms with Crippen molar-refractivity contribution in [2.45, 2.75) is 31.6 Å². The van der Waals surface area contributed by atoms with Crippen molar-refractivity contribution in [3.63, 3.8) is 0 Å². The second-order valence-corrected chi connectivity index (χ2v) is 3.50. The zero-order valence-corrected chi connectivity index (χ0v) is 7.58. The summed E-state index contributed by atoms with van der Waals surface area (Å²) in [4.78, 5) is 7.78. The molecule has 0 radical (unpaired) electrons. The number of hydrogen-bond donors (Lipinski definition) is 1. The summed E-state index contributed by atoms with van der Waals surface area (Å²) >= 11 is 0. The Morgan fingerprint density at radius 3 is 2.64 bits per heavy atom. The van der Waals surface area contributed by atoms with Gasteiger partial charge in [-0.05, 0) is 12.8 Å². The van der Waals surface area contributed by atoms with Crippen LogP contribution in [0.15, 0.2) is 6.20 Å². The number of nitrogens with two attached hydrogens (primary N) is 1. The third-order valence-corrected chi connectivity index (χ3v) is 2.54. The van der Waals surface area contributed by atoms with Gasteiger partial charge in [0.05, 0.1) is 11.9 Å². The number of alkyl halides is 2. The highest BCUT2D eigenvalue weighted by atomic mass is 19.3. The summed E-state index contributed by atoms with van der Waals surface area (Å²) in [6, 6.07) is 0. The first-order valence-electron chi connectivity index (χ1n) is 4.59. The van der Waals surface area contributed by atoms with E-state index in [2.05, 4.69) is 9.97 Å². The van der Waals surface area contributed by atoms with Crippen LogP contribution in [0.3, 0.4) is 0 Å². The van der Waals surface area contributed by atoms with Crippen molar-refractivity contribution < 1.29 is 8.78 Å². The van der Waals surface area contributed by atoms with Crippen LogP contribution in [0.25, 0.3) is 0 Å². The Labute approximate surface area is 80.4 Å². The maximum Gasteiger partial charge on any atom is 0.282 e. The molecule has 1 aliphatic rings. The van der Waals surface area contributed by atoms with Gasteiger partial charge >= 0.3 is 0 Å². The van der Waals surface area contributed by atoms with Gasteiger partial charge in [-0.25, -0.2) is 18.7 Å². The number of hydrogen-bond acceptors (Lipinski definition) is 3. The Bertz CT molecular complexity index is 337. The maximum atomic E-state index is 12.4. The van der Waals surface area contributed by atoms with Gasteiger partial charge in [0.25, 0.3) is 6.43 Å². The quantitative estimate of drug-likeness (QED) is 0.794. The van der Waals surface area contributed by atoms with E-state index in [1.165, 1.54) is 6.20 Å². The lowest BCUT2D eigenvalue weighted by atomic mass is 9.85. The Kier molecular flexibility index (Phi) is 2.31. The minimum absolute atomic E-state index is 0.0249. The number of nitrogens with zero attached hydrogens (tertiary/aromatic N) is 2. The zero-order valence-electron chi connectivity index (χ0n) is 7.58. The van der Waals surface area contributed by atoms with Gasteiger partial charge in [0.2, 0.25) is 0 Å². The van der Waals surface area contributed by atoms with Crippen LogP contribution in [-0.2, 0) is 0 Å². The van der Waals surface area contributed by atoms with Crippen molar-refractivity contribution in [2.75, 3.05) is 5.73 Å². The smallest absolute Gasteiger partial charge is 0.282 e. The van der Waals surface area contributed by atoms with Crippen molar-refractivity contribution in [1.82, 2.24) is 9.97 Å². The summed E-state index contributed by atoms with van der Waals surface area (Å²) in [5.41, 5.74) is 4.99. The molecule has 0 amide bonds. The van der Waals surface area contributed by atoms with Crippen molar-refractivity contribution in [3.8, 4) is 0 Å². The highest BCUT2D eigenvalue weighted by molar-refractivity contribution is 5.41. The molecule has 0 spiro atoms. The zero-order chi connectivity index (χ0) is 10.1. The van der Waals surface area contributed by atoms with Crippen LogP contribution in [-0.4, -0.2) is 9.97 Å². The molecule has 0 saturated heterocycles. The molecule has 1 fully saturated rings. The minimum atomic E-state index is -2.61. The summed E-state index contributed by atoms with van der Waals surface area (Å²) < 4.78 is 24.8. The van der Waals surface area contributed by atoms with Gasteiger partial charge in [-0.1, -0.05) is 6.42 Å². The fourth-order valence-corrected chi connectivity index (χ4v) is 1.46. The topological polar surface area (TPSA) is 51.8 Å². The summed E-state index contributed by atoms with van der Waals surface area (Å²) in [5, 5.41) is 0. The van der Waals surface area contributed by atoms with Gasteiger partial charge in [-0.2, -0.15) is 0 Å². The van der Waals surface area contributed by atoms with Gasteiger partial charge in [0.1, 0.15) is 11.5 Å². The Hall–Kier alpha value is -1.26. The van der Waals surface area contributed by atoms with E-state index in [1.54, 1.807) is 0 Å². The van der Waals surface area contributed by atoms with E-state index in [1.807, 2.05) is 0 Å². The number of aromatic nitrogens is 2. The predicted octanol–water partition coefficient (Wildman–Crippen LogP) is 2.26. The van der Waals surface area contributed by atoms with Crippen LogP contribution in [0.4, 0.5) is 14.5 Å². The number of halogens is 2. The molecule has 14 heavy (non-hydrogen) atoms. The summed E-state index contributed by atoms with van der Waals surface area (Å²) in [5.74, 6) is 0.772. The fourth-order valence-electron chi connectivity index (χ4n) is 1.46. The monoisotopic (exact) mass is 199 g/mol. The van der Waals surface area contributed by atoms with Gasteiger partial charge in [0, 0.05) is 5.92 Å². The molecule has 0 unspecified atom stereocenters. The molecular formula is C9H11F2N3. The van der Waals surface area contributed by atoms with Crippen LogP contribution < -0.4 is 5.73 Å². The van der Waals surface area contributed by atoms with E-state index >= 15 is 0 Å². The summed E-state index contributed by atoms with van der Waals surface area (Å²) in [6.45, 7) is 0. The number of rotatable bonds is 2. The van der Waals surface area contributed by atoms with Crippen molar-refractivity contribution in [2.24, 2.45) is 0 Å². The largest absolute Gasteiger partial charge is 0.396 e. The SMILES string of the molecule is Nc1cnc(C2CCC2)nc1C(F)F. The Morgan fingerprint density at radius 2 is 2.14 bits per heavy atom. The molecule has 2 rings (SSSR count). The average Bonchev–Trinajstić information content (AvgIpc) is 2.04. The molecule has 1 aromatic rings. The molecule has 5 heteroatoms. The molecule has 0 atom stereocenters. The highest BCUT2D eigenvalue weighted by Crippen LogP contribution is 2.35. The lowest BCUT2D eigenvalue weighted by molar-refractivity contribution is 0.146. The molecule has 1 aliphatic carbocycles. The van der Waals surface area contributed by atoms with E-state index < -0.39 is 6.43 Å². The molecule has 0 bridgehead atoms. The fraction of sp³-hybridized carbons (Fsp3) is 0.556. The van der Waals surface area contributed by atoms with E-state index in [0.717, 1.165) is 19.3 Å². The molecule has 2 N–H and O–H groups in total. The first-order chi connectivity index (χ1) is 6.68. The molecular weight excluding hydrogens is 188 g/mol. The van der Waals surface area contributed by atoms with Gasteiger partial charge < -0.3 is 5.73 Å². The van der Waals surface area contributed by atoms with Gasteiger partial charge in [0.15, 0.2) is 0 Å². The van der Waals surface area contributed by atoms with E-state index in [0.29, 0.717) is 5.82 Å². The second kappa shape index (κ2) is 3.48. The Morgan fingerprint density at radius 1 is 1.43 bits per heavy atom. The third kappa shape index (κ3) is 1.54. The summed E-state index contributed by atoms with van der Waals surface area (Å²) in [7, 11) is 0. The van der Waals surface area contributed by atoms with E-state index in [4.69, 9.17) is 5.73 Å². The van der Waals surface area contributed by atoms with E-state index in [-0.39, 0.29) is 17.3 Å². The van der Waals surface area contributed by atoms with Gasteiger partial charge in [-0.15, -0.1) is 0 Å². The lowest BCUT2D eigenvalue weighted by Crippen LogP contribution is -2.14. The molecule has 0 aliphatic heterocycles. The van der Waals surface area contributed by atoms with Crippen LogP contribution in [0.5, 0.6) is 0 Å². The van der Waals surface area contributed by atoms with Crippen LogP contribution >= 0.6 is 0 Å². The van der Waals surface area contributed by atoms with Gasteiger partial charge in [-0.3, -0.25) is 0 Å². The predicted molar refractivity (Wildman–Crippen MR) is 48.0 cm³/mol. The molecule has 76 valence electrons. The lowest BCUT2D eigenvalue weighted by Gasteiger charge is -2.24. The summed E-state index contributed by atoms with van der Waals surface area (Å²) in [6.07, 6.45) is 1.78. The van der Waals surface area contributed by atoms with E-state index in [9.17, 15) is 8.78 Å². The first-order valence-corrected chi connectivity index (χ1v) is 4.59. The molecule has 1 aromatic heterocycles. The maximum absolute atomic E-state index is 12.4. The molecule has 3 nitrogen and oxygen atoms in total. The highest BCUT2D eigenvalue weighted by Gasteiger charge is 2.24. The normalized spacial score (nSPS) is 17.1. The Balaban J connectivity index is 2.30. The molecule has 0 aromatic carbocycles. The van der Waals surface area contributed by atoms with Crippen molar-refractivity contribution in [1.29, 1.82) is 0 Å². The second-order valence-electron chi connectivity index (χ2n) is 3.50. The standard InChI is InChI=1S/C9H11F2N3/c10-8(11)7-6(12)4-13-9(14-7)5-2-1-3-5/h4-5,8H,1-3,12H2. The van der Waals surface area contributed by atoms with Crippen LogP contribution in [0.2, 0.25) is 0 Å². The average molecular weight is 199 g/mol. The molecule has 1 saturated carbocycles. The first kappa shape index (κ1) is 9.30. The number of nitrogen functional groups attached to an aromatic ring is 1. The minimum Gasteiger partial charge on any atom is -0.396 e. The van der Waals surface area contributed by atoms with Crippen molar-refractivity contribution >= 4 is 5.69 Å².